The minimum atomic E-state index is -0.136. The lowest BCUT2D eigenvalue weighted by Gasteiger charge is -2.15. The van der Waals surface area contributed by atoms with Crippen molar-refractivity contribution in [2.45, 2.75) is 13.5 Å². The van der Waals surface area contributed by atoms with Gasteiger partial charge in [0.2, 0.25) is 5.13 Å². The molecule has 0 atom stereocenters. The van der Waals surface area contributed by atoms with E-state index in [9.17, 15) is 4.79 Å². The number of anilines is 1. The number of thiazole rings is 1. The standard InChI is InChI=1S/C33H25N3O2S2/c1-23-16-18-24(19-17-23)21-38-29-15-9-8-12-26(29)20-30-31(37)36(27-13-6-3-7-14-27)33(40-30)35-32-34-28(22-39-32)25-10-4-2-5-11-25/h2-20,22H,21H2,1H3/b30-20-,35-33+. The van der Waals surface area contributed by atoms with Crippen LogP contribution in [0.5, 0.6) is 5.75 Å². The van der Waals surface area contributed by atoms with Crippen LogP contribution < -0.4 is 9.64 Å². The van der Waals surface area contributed by atoms with Crippen LogP contribution in [0.3, 0.4) is 0 Å². The molecule has 1 fully saturated rings. The predicted octanol–water partition coefficient (Wildman–Crippen LogP) is 8.51. The molecule has 0 saturated carbocycles. The van der Waals surface area contributed by atoms with Crippen molar-refractivity contribution >= 4 is 51.1 Å². The molecule has 1 aliphatic heterocycles. The van der Waals surface area contributed by atoms with E-state index in [1.165, 1.54) is 28.7 Å². The van der Waals surface area contributed by atoms with Crippen molar-refractivity contribution in [1.29, 1.82) is 0 Å². The number of aromatic nitrogens is 1. The third kappa shape index (κ3) is 5.76. The number of amidine groups is 1. The Bertz CT molecular complexity index is 1700. The Balaban J connectivity index is 1.31. The molecular formula is C33H25N3O2S2. The highest BCUT2D eigenvalue weighted by Gasteiger charge is 2.35. The van der Waals surface area contributed by atoms with Gasteiger partial charge in [0, 0.05) is 16.5 Å². The number of nitrogens with zero attached hydrogens (tertiary/aromatic N) is 3. The first kappa shape index (κ1) is 25.8. The van der Waals surface area contributed by atoms with Crippen LogP contribution in [0.4, 0.5) is 10.8 Å². The maximum atomic E-state index is 13.8. The quantitative estimate of drug-likeness (QED) is 0.188. The van der Waals surface area contributed by atoms with Gasteiger partial charge >= 0.3 is 0 Å². The summed E-state index contributed by atoms with van der Waals surface area (Å²) < 4.78 is 6.17. The van der Waals surface area contributed by atoms with Gasteiger partial charge in [-0.3, -0.25) is 9.69 Å². The smallest absolute Gasteiger partial charge is 0.271 e. The van der Waals surface area contributed by atoms with Crippen molar-refractivity contribution in [3.8, 4) is 17.0 Å². The van der Waals surface area contributed by atoms with E-state index in [1.54, 1.807) is 4.90 Å². The van der Waals surface area contributed by atoms with Crippen LogP contribution in [0.2, 0.25) is 0 Å². The van der Waals surface area contributed by atoms with Gasteiger partial charge in [0.1, 0.15) is 12.4 Å². The molecule has 1 aromatic heterocycles. The number of hydrogen-bond acceptors (Lipinski definition) is 6. The fourth-order valence-corrected chi connectivity index (χ4v) is 5.94. The largest absolute Gasteiger partial charge is 0.488 e. The summed E-state index contributed by atoms with van der Waals surface area (Å²) in [5.41, 5.74) is 5.78. The van der Waals surface area contributed by atoms with Crippen LogP contribution in [0, 0.1) is 6.92 Å². The van der Waals surface area contributed by atoms with Gasteiger partial charge in [-0.15, -0.1) is 11.3 Å². The molecule has 0 N–H and O–H groups in total. The first-order valence-electron chi connectivity index (χ1n) is 12.8. The lowest BCUT2D eigenvalue weighted by Crippen LogP contribution is -2.28. The Morgan fingerprint density at radius 2 is 1.57 bits per heavy atom. The van der Waals surface area contributed by atoms with Crippen LogP contribution in [0.25, 0.3) is 17.3 Å². The molecule has 196 valence electrons. The molecule has 1 amide bonds. The topological polar surface area (TPSA) is 54.8 Å². The number of ether oxygens (including phenoxy) is 1. The second-order valence-corrected chi connectivity index (χ2v) is 11.0. The maximum absolute atomic E-state index is 13.8. The van der Waals surface area contributed by atoms with Gasteiger partial charge < -0.3 is 4.74 Å². The molecule has 4 aromatic carbocycles. The number of hydrogen-bond donors (Lipinski definition) is 0. The SMILES string of the molecule is Cc1ccc(COc2ccccc2/C=C2\S/C(=N/c3nc(-c4ccccc4)cs3)N(c3ccccc3)C2=O)cc1. The zero-order chi connectivity index (χ0) is 27.3. The van der Waals surface area contributed by atoms with Crippen molar-refractivity contribution in [2.24, 2.45) is 4.99 Å². The van der Waals surface area contributed by atoms with E-state index in [1.807, 2.05) is 96.4 Å². The van der Waals surface area contributed by atoms with Gasteiger partial charge in [-0.2, -0.15) is 4.99 Å². The van der Waals surface area contributed by atoms with Gasteiger partial charge in [-0.25, -0.2) is 4.98 Å². The average Bonchev–Trinajstić information content (AvgIpc) is 3.58. The van der Waals surface area contributed by atoms with Crippen LogP contribution in [-0.2, 0) is 11.4 Å². The van der Waals surface area contributed by atoms with Gasteiger partial charge in [-0.05, 0) is 48.5 Å². The lowest BCUT2D eigenvalue weighted by molar-refractivity contribution is -0.113. The number of para-hydroxylation sites is 2. The van der Waals surface area contributed by atoms with E-state index in [4.69, 9.17) is 14.7 Å². The molecule has 0 spiro atoms. The summed E-state index contributed by atoms with van der Waals surface area (Å²) in [5, 5.41) is 3.15. The van der Waals surface area contributed by atoms with Gasteiger partial charge in [0.15, 0.2) is 5.17 Å². The summed E-state index contributed by atoms with van der Waals surface area (Å²) in [5.74, 6) is 0.580. The monoisotopic (exact) mass is 559 g/mol. The summed E-state index contributed by atoms with van der Waals surface area (Å²) in [6.07, 6.45) is 1.88. The van der Waals surface area contributed by atoms with Crippen molar-refractivity contribution in [3.63, 3.8) is 0 Å². The summed E-state index contributed by atoms with van der Waals surface area (Å²) in [6, 6.07) is 35.6. The third-order valence-corrected chi connectivity index (χ3v) is 8.00. The summed E-state index contributed by atoms with van der Waals surface area (Å²) in [7, 11) is 0. The second kappa shape index (κ2) is 11.7. The predicted molar refractivity (Wildman–Crippen MR) is 166 cm³/mol. The second-order valence-electron chi connectivity index (χ2n) is 9.17. The normalized spacial score (nSPS) is 15.2. The van der Waals surface area contributed by atoms with Crippen LogP contribution in [0.1, 0.15) is 16.7 Å². The Morgan fingerprint density at radius 3 is 2.35 bits per heavy atom. The molecule has 0 unspecified atom stereocenters. The van der Waals surface area contributed by atoms with E-state index in [0.29, 0.717) is 27.6 Å². The number of benzene rings is 4. The molecule has 5 nitrogen and oxygen atoms in total. The van der Waals surface area contributed by atoms with Crippen LogP contribution in [0.15, 0.2) is 124 Å². The number of amides is 1. The van der Waals surface area contributed by atoms with Crippen molar-refractivity contribution in [2.75, 3.05) is 4.90 Å². The summed E-state index contributed by atoms with van der Waals surface area (Å²) >= 11 is 2.79. The third-order valence-electron chi connectivity index (χ3n) is 6.29. The van der Waals surface area contributed by atoms with E-state index in [2.05, 4.69) is 31.2 Å². The molecule has 5 aromatic rings. The van der Waals surface area contributed by atoms with E-state index >= 15 is 0 Å². The Morgan fingerprint density at radius 1 is 0.875 bits per heavy atom. The van der Waals surface area contributed by atoms with E-state index < -0.39 is 0 Å². The van der Waals surface area contributed by atoms with Gasteiger partial charge in [0.25, 0.3) is 5.91 Å². The maximum Gasteiger partial charge on any atom is 0.271 e. The molecular weight excluding hydrogens is 535 g/mol. The molecule has 1 saturated heterocycles. The van der Waals surface area contributed by atoms with Crippen molar-refractivity contribution in [1.82, 2.24) is 4.98 Å². The molecule has 6 rings (SSSR count). The molecule has 7 heteroatoms. The fourth-order valence-electron chi connectivity index (χ4n) is 4.21. The number of carbonyl (C=O) groups excluding carboxylic acids is 1. The minimum Gasteiger partial charge on any atom is -0.488 e. The van der Waals surface area contributed by atoms with Gasteiger partial charge in [0.05, 0.1) is 16.3 Å². The number of aliphatic imine (C=N–C) groups is 1. The molecule has 2 heterocycles. The van der Waals surface area contributed by atoms with Gasteiger partial charge in [-0.1, -0.05) is 96.6 Å². The molecule has 1 aliphatic rings. The van der Waals surface area contributed by atoms with Crippen molar-refractivity contribution in [3.05, 3.63) is 136 Å². The molecule has 0 bridgehead atoms. The molecule has 0 aliphatic carbocycles. The first-order valence-corrected chi connectivity index (χ1v) is 14.5. The number of thioether (sulfide) groups is 1. The zero-order valence-electron chi connectivity index (χ0n) is 21.7. The summed E-state index contributed by atoms with van der Waals surface area (Å²) in [6.45, 7) is 2.51. The fraction of sp³-hybridized carbons (Fsp3) is 0.0606. The highest BCUT2D eigenvalue weighted by atomic mass is 32.2. The number of carbonyl (C=O) groups is 1. The highest BCUT2D eigenvalue weighted by molar-refractivity contribution is 8.19. The zero-order valence-corrected chi connectivity index (χ0v) is 23.4. The van der Waals surface area contributed by atoms with E-state index in [0.717, 1.165) is 28.1 Å². The Hall–Kier alpha value is -4.46. The summed E-state index contributed by atoms with van der Waals surface area (Å²) in [4.78, 5) is 25.5. The number of aryl methyl sites for hydroxylation is 1. The Kier molecular flexibility index (Phi) is 7.57. The first-order chi connectivity index (χ1) is 19.6. The average molecular weight is 560 g/mol. The highest BCUT2D eigenvalue weighted by Crippen LogP contribution is 2.39. The van der Waals surface area contributed by atoms with Crippen molar-refractivity contribution < 1.29 is 9.53 Å². The van der Waals surface area contributed by atoms with Crippen LogP contribution in [-0.4, -0.2) is 16.1 Å². The van der Waals surface area contributed by atoms with E-state index in [-0.39, 0.29) is 5.91 Å². The lowest BCUT2D eigenvalue weighted by atomic mass is 10.1. The minimum absolute atomic E-state index is 0.136. The molecule has 0 radical (unpaired) electrons. The van der Waals surface area contributed by atoms with Crippen LogP contribution >= 0.6 is 23.1 Å². The molecule has 40 heavy (non-hydrogen) atoms. The Labute approximate surface area is 241 Å². The number of rotatable bonds is 7.